The first-order valence-electron chi connectivity index (χ1n) is 8.19. The first-order chi connectivity index (χ1) is 12.8. The predicted molar refractivity (Wildman–Crippen MR) is 100 cm³/mol. The Morgan fingerprint density at radius 3 is 2.59 bits per heavy atom. The Morgan fingerprint density at radius 2 is 1.89 bits per heavy atom. The van der Waals surface area contributed by atoms with Crippen LogP contribution < -0.4 is 11.2 Å². The standard InChI is InChI=1S/C18H18N4O4S/c1-10-4-6-12(7-5-10)14(23)9-27-18-21-20-15(26-18)8-13-11(2)19-17(25)22(3)16(13)24/h4-7H,8-9H2,1-3H3,(H,19,25). The van der Waals surface area contributed by atoms with Crippen LogP contribution in [0.3, 0.4) is 0 Å². The summed E-state index contributed by atoms with van der Waals surface area (Å²) < 4.78 is 6.52. The minimum absolute atomic E-state index is 0.0369. The lowest BCUT2D eigenvalue weighted by atomic mass is 10.1. The van der Waals surface area contributed by atoms with Crippen molar-refractivity contribution < 1.29 is 9.21 Å². The largest absolute Gasteiger partial charge is 0.416 e. The Bertz CT molecular complexity index is 1100. The summed E-state index contributed by atoms with van der Waals surface area (Å²) in [7, 11) is 1.40. The smallest absolute Gasteiger partial charge is 0.328 e. The number of benzene rings is 1. The van der Waals surface area contributed by atoms with Gasteiger partial charge in [-0.15, -0.1) is 10.2 Å². The molecule has 1 aromatic carbocycles. The molecular formula is C18H18N4O4S. The Balaban J connectivity index is 1.68. The van der Waals surface area contributed by atoms with Gasteiger partial charge in [-0.3, -0.25) is 14.2 Å². The fraction of sp³-hybridized carbons (Fsp3) is 0.278. The third-order valence-electron chi connectivity index (χ3n) is 4.09. The highest BCUT2D eigenvalue weighted by atomic mass is 32.2. The van der Waals surface area contributed by atoms with E-state index in [1.54, 1.807) is 19.1 Å². The van der Waals surface area contributed by atoms with Crippen molar-refractivity contribution in [3.63, 3.8) is 0 Å². The van der Waals surface area contributed by atoms with Gasteiger partial charge in [-0.2, -0.15) is 0 Å². The molecule has 2 heterocycles. The Kier molecular flexibility index (Phi) is 5.41. The maximum absolute atomic E-state index is 12.2. The molecule has 9 heteroatoms. The van der Waals surface area contributed by atoms with E-state index in [0.717, 1.165) is 21.9 Å². The second-order valence-corrected chi connectivity index (χ2v) is 7.04. The monoisotopic (exact) mass is 386 g/mol. The Labute approximate surface area is 158 Å². The number of H-pyrrole nitrogens is 1. The van der Waals surface area contributed by atoms with Crippen LogP contribution in [0.15, 0.2) is 43.5 Å². The van der Waals surface area contributed by atoms with E-state index >= 15 is 0 Å². The molecule has 0 radical (unpaired) electrons. The van der Waals surface area contributed by atoms with Crippen LogP contribution in [0.2, 0.25) is 0 Å². The van der Waals surface area contributed by atoms with Crippen molar-refractivity contribution >= 4 is 17.5 Å². The lowest BCUT2D eigenvalue weighted by Gasteiger charge is -2.04. The molecule has 0 fully saturated rings. The van der Waals surface area contributed by atoms with Crippen LogP contribution in [-0.4, -0.2) is 31.3 Å². The minimum atomic E-state index is -0.474. The molecule has 0 aliphatic carbocycles. The molecule has 0 amide bonds. The highest BCUT2D eigenvalue weighted by Crippen LogP contribution is 2.19. The molecule has 27 heavy (non-hydrogen) atoms. The molecule has 3 aromatic rings. The molecule has 8 nitrogen and oxygen atoms in total. The van der Waals surface area contributed by atoms with Gasteiger partial charge >= 0.3 is 5.69 Å². The van der Waals surface area contributed by atoms with E-state index in [2.05, 4.69) is 15.2 Å². The lowest BCUT2D eigenvalue weighted by Crippen LogP contribution is -2.36. The van der Waals surface area contributed by atoms with Crippen molar-refractivity contribution in [1.82, 2.24) is 19.7 Å². The number of aromatic nitrogens is 4. The topological polar surface area (TPSA) is 111 Å². The molecule has 0 atom stereocenters. The summed E-state index contributed by atoms with van der Waals surface area (Å²) in [4.78, 5) is 38.6. The normalized spacial score (nSPS) is 10.9. The summed E-state index contributed by atoms with van der Waals surface area (Å²) >= 11 is 1.14. The van der Waals surface area contributed by atoms with Crippen LogP contribution in [0.5, 0.6) is 0 Å². The second kappa shape index (κ2) is 7.75. The lowest BCUT2D eigenvalue weighted by molar-refractivity contribution is 0.102. The molecule has 140 valence electrons. The Hall–Kier alpha value is -2.94. The molecule has 0 spiro atoms. The molecule has 0 saturated heterocycles. The quantitative estimate of drug-likeness (QED) is 0.506. The van der Waals surface area contributed by atoms with E-state index in [1.165, 1.54) is 7.05 Å². The van der Waals surface area contributed by atoms with E-state index in [1.807, 2.05) is 19.1 Å². The van der Waals surface area contributed by atoms with Crippen LogP contribution in [0.1, 0.15) is 33.1 Å². The maximum Gasteiger partial charge on any atom is 0.328 e. The van der Waals surface area contributed by atoms with Gasteiger partial charge in [0.25, 0.3) is 10.8 Å². The van der Waals surface area contributed by atoms with Gasteiger partial charge in [-0.05, 0) is 13.8 Å². The summed E-state index contributed by atoms with van der Waals surface area (Å²) in [5.41, 5.74) is 1.68. The Morgan fingerprint density at radius 1 is 1.19 bits per heavy atom. The van der Waals surface area contributed by atoms with Crippen molar-refractivity contribution in [3.8, 4) is 0 Å². The van der Waals surface area contributed by atoms with Crippen molar-refractivity contribution in [3.05, 3.63) is 73.4 Å². The number of aromatic amines is 1. The van der Waals surface area contributed by atoms with Crippen LogP contribution in [-0.2, 0) is 13.5 Å². The molecule has 0 bridgehead atoms. The summed E-state index contributed by atoms with van der Waals surface area (Å²) in [5, 5.41) is 8.08. The van der Waals surface area contributed by atoms with Gasteiger partial charge in [-0.25, -0.2) is 4.79 Å². The number of hydrogen-bond donors (Lipinski definition) is 1. The van der Waals surface area contributed by atoms with Gasteiger partial charge in [0.15, 0.2) is 5.78 Å². The number of nitrogens with one attached hydrogen (secondary N) is 1. The summed E-state index contributed by atoms with van der Waals surface area (Å²) in [6.07, 6.45) is 0.106. The zero-order chi connectivity index (χ0) is 19.6. The third kappa shape index (κ3) is 4.25. The van der Waals surface area contributed by atoms with Crippen molar-refractivity contribution in [2.24, 2.45) is 7.05 Å². The molecule has 1 N–H and O–H groups in total. The third-order valence-corrected chi connectivity index (χ3v) is 4.91. The number of Topliss-reactive ketones (excluding diaryl/α,β-unsaturated/α-hetero) is 1. The molecule has 0 aliphatic heterocycles. The van der Waals surface area contributed by atoms with Gasteiger partial charge in [-0.1, -0.05) is 41.6 Å². The fourth-order valence-electron chi connectivity index (χ4n) is 2.45. The van der Waals surface area contributed by atoms with E-state index < -0.39 is 11.2 Å². The van der Waals surface area contributed by atoms with E-state index in [4.69, 9.17) is 4.42 Å². The number of rotatable bonds is 6. The van der Waals surface area contributed by atoms with E-state index in [0.29, 0.717) is 16.8 Å². The van der Waals surface area contributed by atoms with Gasteiger partial charge in [0.1, 0.15) is 0 Å². The molecule has 0 saturated carbocycles. The average Bonchev–Trinajstić information content (AvgIpc) is 3.10. The van der Waals surface area contributed by atoms with Gasteiger partial charge in [0, 0.05) is 23.9 Å². The SMILES string of the molecule is Cc1ccc(C(=O)CSc2nnc(Cc3c(C)[nH]c(=O)n(C)c3=O)o2)cc1. The number of thioether (sulfide) groups is 1. The predicted octanol–water partition coefficient (Wildman–Crippen LogP) is 1.64. The maximum atomic E-state index is 12.2. The molecule has 3 rings (SSSR count). The van der Waals surface area contributed by atoms with Crippen molar-refractivity contribution in [1.29, 1.82) is 0 Å². The second-order valence-electron chi connectivity index (χ2n) is 6.11. The molecule has 0 unspecified atom stereocenters. The zero-order valence-corrected chi connectivity index (χ0v) is 15.9. The first-order valence-corrected chi connectivity index (χ1v) is 9.17. The van der Waals surface area contributed by atoms with Crippen LogP contribution in [0.4, 0.5) is 0 Å². The molecule has 0 aliphatic rings. The van der Waals surface area contributed by atoms with E-state index in [9.17, 15) is 14.4 Å². The number of carbonyl (C=O) groups excluding carboxylic acids is 1. The number of carbonyl (C=O) groups is 1. The summed E-state index contributed by atoms with van der Waals surface area (Å²) in [6, 6.07) is 7.34. The number of hydrogen-bond acceptors (Lipinski definition) is 7. The van der Waals surface area contributed by atoms with Gasteiger partial charge < -0.3 is 9.40 Å². The highest BCUT2D eigenvalue weighted by molar-refractivity contribution is 7.99. The highest BCUT2D eigenvalue weighted by Gasteiger charge is 2.15. The number of aryl methyl sites for hydroxylation is 2. The van der Waals surface area contributed by atoms with Gasteiger partial charge in [0.2, 0.25) is 5.89 Å². The molecule has 2 aromatic heterocycles. The van der Waals surface area contributed by atoms with Crippen molar-refractivity contribution in [2.45, 2.75) is 25.5 Å². The van der Waals surface area contributed by atoms with Crippen LogP contribution in [0.25, 0.3) is 0 Å². The summed E-state index contributed by atoms with van der Waals surface area (Å²) in [6.45, 7) is 3.60. The zero-order valence-electron chi connectivity index (χ0n) is 15.1. The number of ketones is 1. The molecular weight excluding hydrogens is 368 g/mol. The van der Waals surface area contributed by atoms with Crippen LogP contribution in [0, 0.1) is 13.8 Å². The minimum Gasteiger partial charge on any atom is -0.416 e. The first kappa shape index (κ1) is 18.8. The number of nitrogens with zero attached hydrogens (tertiary/aromatic N) is 3. The van der Waals surface area contributed by atoms with Crippen LogP contribution >= 0.6 is 11.8 Å². The van der Waals surface area contributed by atoms with Crippen molar-refractivity contribution in [2.75, 3.05) is 5.75 Å². The average molecular weight is 386 g/mol. The van der Waals surface area contributed by atoms with Gasteiger partial charge in [0.05, 0.1) is 12.2 Å². The fourth-order valence-corrected chi connectivity index (χ4v) is 3.13. The van der Waals surface area contributed by atoms with E-state index in [-0.39, 0.29) is 29.1 Å². The summed E-state index contributed by atoms with van der Waals surface area (Å²) in [5.74, 6) is 0.377.